The van der Waals surface area contributed by atoms with Crippen LogP contribution in [0.1, 0.15) is 45.4 Å². The van der Waals surface area contributed by atoms with Crippen LogP contribution in [-0.2, 0) is 9.59 Å². The van der Waals surface area contributed by atoms with Gasteiger partial charge in [-0.15, -0.1) is 0 Å². The zero-order valence-electron chi connectivity index (χ0n) is 9.16. The van der Waals surface area contributed by atoms with Gasteiger partial charge in [0, 0.05) is 5.92 Å². The van der Waals surface area contributed by atoms with Crippen LogP contribution < -0.4 is 5.32 Å². The van der Waals surface area contributed by atoms with Gasteiger partial charge in [0.15, 0.2) is 0 Å². The SMILES string of the molecule is CCC[C@@H](NC(=O)C1CCCC1)C(=O)O. The average Bonchev–Trinajstić information content (AvgIpc) is 2.69. The van der Waals surface area contributed by atoms with Gasteiger partial charge >= 0.3 is 5.97 Å². The molecule has 0 radical (unpaired) electrons. The van der Waals surface area contributed by atoms with Gasteiger partial charge < -0.3 is 10.4 Å². The minimum atomic E-state index is -0.928. The third-order valence-corrected chi connectivity index (χ3v) is 2.92. The number of carbonyl (C=O) groups is 2. The minimum Gasteiger partial charge on any atom is -0.480 e. The molecular formula is C11H19NO3. The number of carboxylic acid groups (broad SMARTS) is 1. The van der Waals surface area contributed by atoms with Gasteiger partial charge in [0.05, 0.1) is 0 Å². The summed E-state index contributed by atoms with van der Waals surface area (Å²) < 4.78 is 0. The van der Waals surface area contributed by atoms with Crippen LogP contribution >= 0.6 is 0 Å². The summed E-state index contributed by atoms with van der Waals surface area (Å²) in [5.41, 5.74) is 0. The number of hydrogen-bond acceptors (Lipinski definition) is 2. The maximum absolute atomic E-state index is 11.7. The van der Waals surface area contributed by atoms with Crippen LogP contribution in [-0.4, -0.2) is 23.0 Å². The van der Waals surface area contributed by atoms with Gasteiger partial charge in [-0.2, -0.15) is 0 Å². The predicted molar refractivity (Wildman–Crippen MR) is 56.4 cm³/mol. The van der Waals surface area contributed by atoms with Crippen molar-refractivity contribution in [3.8, 4) is 0 Å². The summed E-state index contributed by atoms with van der Waals surface area (Å²) in [5, 5.41) is 11.5. The number of carbonyl (C=O) groups excluding carboxylic acids is 1. The molecule has 15 heavy (non-hydrogen) atoms. The summed E-state index contributed by atoms with van der Waals surface area (Å²) in [4.78, 5) is 22.5. The van der Waals surface area contributed by atoms with Crippen LogP contribution in [0.25, 0.3) is 0 Å². The monoisotopic (exact) mass is 213 g/mol. The first-order valence-electron chi connectivity index (χ1n) is 5.68. The molecule has 4 heteroatoms. The molecule has 1 amide bonds. The van der Waals surface area contributed by atoms with Gasteiger partial charge in [0.2, 0.25) is 5.91 Å². The van der Waals surface area contributed by atoms with Gasteiger partial charge in [-0.05, 0) is 19.3 Å². The van der Waals surface area contributed by atoms with E-state index in [1.807, 2.05) is 6.92 Å². The van der Waals surface area contributed by atoms with Gasteiger partial charge in [-0.25, -0.2) is 4.79 Å². The normalized spacial score (nSPS) is 18.7. The average molecular weight is 213 g/mol. The number of aliphatic carboxylic acids is 1. The van der Waals surface area contributed by atoms with Crippen LogP contribution in [0.4, 0.5) is 0 Å². The summed E-state index contributed by atoms with van der Waals surface area (Å²) >= 11 is 0. The third-order valence-electron chi connectivity index (χ3n) is 2.92. The van der Waals surface area contributed by atoms with Crippen LogP contribution in [0.2, 0.25) is 0 Å². The second-order valence-corrected chi connectivity index (χ2v) is 4.17. The Balaban J connectivity index is 2.42. The molecule has 0 spiro atoms. The van der Waals surface area contributed by atoms with Crippen molar-refractivity contribution in [2.75, 3.05) is 0 Å². The second-order valence-electron chi connectivity index (χ2n) is 4.17. The Morgan fingerprint density at radius 1 is 1.40 bits per heavy atom. The first kappa shape index (κ1) is 12.0. The molecule has 0 unspecified atom stereocenters. The topological polar surface area (TPSA) is 66.4 Å². The Hall–Kier alpha value is -1.06. The molecule has 1 saturated carbocycles. The van der Waals surface area contributed by atoms with E-state index in [0.29, 0.717) is 6.42 Å². The zero-order valence-corrected chi connectivity index (χ0v) is 9.16. The van der Waals surface area contributed by atoms with Crippen LogP contribution in [0.5, 0.6) is 0 Å². The van der Waals surface area contributed by atoms with E-state index in [4.69, 9.17) is 5.11 Å². The van der Waals surface area contributed by atoms with Crippen molar-refractivity contribution in [3.05, 3.63) is 0 Å². The van der Waals surface area contributed by atoms with E-state index in [0.717, 1.165) is 32.1 Å². The highest BCUT2D eigenvalue weighted by atomic mass is 16.4. The van der Waals surface area contributed by atoms with Gasteiger partial charge in [-0.3, -0.25) is 4.79 Å². The highest BCUT2D eigenvalue weighted by Gasteiger charge is 2.26. The molecule has 4 nitrogen and oxygen atoms in total. The molecule has 0 aromatic carbocycles. The maximum atomic E-state index is 11.7. The van der Waals surface area contributed by atoms with Crippen molar-refractivity contribution in [2.24, 2.45) is 5.92 Å². The number of carboxylic acids is 1. The Morgan fingerprint density at radius 2 is 2.00 bits per heavy atom. The van der Waals surface area contributed by atoms with E-state index in [-0.39, 0.29) is 11.8 Å². The van der Waals surface area contributed by atoms with E-state index in [9.17, 15) is 9.59 Å². The summed E-state index contributed by atoms with van der Waals surface area (Å²) in [5.74, 6) is -0.958. The summed E-state index contributed by atoms with van der Waals surface area (Å²) in [6, 6.07) is -0.705. The van der Waals surface area contributed by atoms with Gasteiger partial charge in [-0.1, -0.05) is 26.2 Å². The molecule has 1 aliphatic carbocycles. The molecule has 1 rings (SSSR count). The van der Waals surface area contributed by atoms with E-state index >= 15 is 0 Å². The van der Waals surface area contributed by atoms with Crippen LogP contribution in [0.3, 0.4) is 0 Å². The highest BCUT2D eigenvalue weighted by molar-refractivity contribution is 5.85. The summed E-state index contributed by atoms with van der Waals surface area (Å²) in [6.07, 6.45) is 5.26. The van der Waals surface area contributed by atoms with Crippen molar-refractivity contribution in [1.82, 2.24) is 5.32 Å². The quantitative estimate of drug-likeness (QED) is 0.728. The molecule has 1 fully saturated rings. The van der Waals surface area contributed by atoms with Gasteiger partial charge in [0.25, 0.3) is 0 Å². The fraction of sp³-hybridized carbons (Fsp3) is 0.818. The van der Waals surface area contributed by atoms with E-state index < -0.39 is 12.0 Å². The Morgan fingerprint density at radius 3 is 2.47 bits per heavy atom. The van der Waals surface area contributed by atoms with Crippen molar-refractivity contribution in [3.63, 3.8) is 0 Å². The highest BCUT2D eigenvalue weighted by Crippen LogP contribution is 2.24. The number of nitrogens with one attached hydrogen (secondary N) is 1. The van der Waals surface area contributed by atoms with Crippen molar-refractivity contribution in [2.45, 2.75) is 51.5 Å². The lowest BCUT2D eigenvalue weighted by Gasteiger charge is -2.16. The molecule has 0 aromatic rings. The molecule has 2 N–H and O–H groups in total. The lowest BCUT2D eigenvalue weighted by Crippen LogP contribution is -2.43. The van der Waals surface area contributed by atoms with Crippen molar-refractivity contribution in [1.29, 1.82) is 0 Å². The van der Waals surface area contributed by atoms with E-state index in [1.165, 1.54) is 0 Å². The first-order chi connectivity index (χ1) is 7.15. The lowest BCUT2D eigenvalue weighted by atomic mass is 10.1. The Labute approximate surface area is 90.0 Å². The summed E-state index contributed by atoms with van der Waals surface area (Å²) in [6.45, 7) is 1.91. The Kier molecular flexibility index (Phi) is 4.59. The zero-order chi connectivity index (χ0) is 11.3. The lowest BCUT2D eigenvalue weighted by molar-refractivity contribution is -0.142. The maximum Gasteiger partial charge on any atom is 0.326 e. The second kappa shape index (κ2) is 5.73. The number of hydrogen-bond donors (Lipinski definition) is 2. The molecule has 0 aromatic heterocycles. The molecule has 86 valence electrons. The largest absolute Gasteiger partial charge is 0.480 e. The summed E-state index contributed by atoms with van der Waals surface area (Å²) in [7, 11) is 0. The predicted octanol–water partition coefficient (Wildman–Crippen LogP) is 1.55. The molecular weight excluding hydrogens is 194 g/mol. The fourth-order valence-electron chi connectivity index (χ4n) is 2.02. The standard InChI is InChI=1S/C11H19NO3/c1-2-5-9(11(14)15)12-10(13)8-6-3-4-7-8/h8-9H,2-7H2,1H3,(H,12,13)(H,14,15)/t9-/m1/s1. The smallest absolute Gasteiger partial charge is 0.326 e. The Bertz CT molecular complexity index is 234. The van der Waals surface area contributed by atoms with E-state index in [1.54, 1.807) is 0 Å². The minimum absolute atomic E-state index is 0.0451. The molecule has 0 aliphatic heterocycles. The third kappa shape index (κ3) is 3.53. The molecule has 1 atom stereocenters. The van der Waals surface area contributed by atoms with Gasteiger partial charge in [0.1, 0.15) is 6.04 Å². The van der Waals surface area contributed by atoms with Crippen LogP contribution in [0.15, 0.2) is 0 Å². The molecule has 0 heterocycles. The van der Waals surface area contributed by atoms with Crippen molar-refractivity contribution < 1.29 is 14.7 Å². The van der Waals surface area contributed by atoms with E-state index in [2.05, 4.69) is 5.32 Å². The van der Waals surface area contributed by atoms with Crippen molar-refractivity contribution >= 4 is 11.9 Å². The van der Waals surface area contributed by atoms with Crippen LogP contribution in [0, 0.1) is 5.92 Å². The molecule has 0 bridgehead atoms. The number of amides is 1. The number of rotatable bonds is 5. The molecule has 1 aliphatic rings. The first-order valence-corrected chi connectivity index (χ1v) is 5.68. The molecule has 0 saturated heterocycles. The fourth-order valence-corrected chi connectivity index (χ4v) is 2.02.